The van der Waals surface area contributed by atoms with Gasteiger partial charge in [0.1, 0.15) is 11.3 Å². The molecule has 0 unspecified atom stereocenters. The number of nitrogens with one attached hydrogen (secondary N) is 1. The number of barbiturate groups is 1. The molecule has 1 aliphatic heterocycles. The number of furan rings is 1. The highest BCUT2D eigenvalue weighted by Crippen LogP contribution is 2.34. The van der Waals surface area contributed by atoms with Gasteiger partial charge in [-0.3, -0.25) is 19.8 Å². The largest absolute Gasteiger partial charge is 0.493 e. The number of nitrogens with zero attached hydrogens (tertiary/aromatic N) is 1. The number of imide groups is 2. The Bertz CT molecular complexity index is 952. The zero-order valence-corrected chi connectivity index (χ0v) is 15.9. The highest BCUT2D eigenvalue weighted by molar-refractivity contribution is 6.34. The molecule has 0 atom stereocenters. The van der Waals surface area contributed by atoms with Crippen LogP contribution in [0.2, 0.25) is 5.02 Å². The number of methoxy groups -OCH3 is 1. The summed E-state index contributed by atoms with van der Waals surface area (Å²) in [6.45, 7) is 2.09. The molecule has 1 fully saturated rings. The second-order valence-corrected chi connectivity index (χ2v) is 6.15. The first-order valence-corrected chi connectivity index (χ1v) is 8.74. The highest BCUT2D eigenvalue weighted by Gasteiger charge is 2.36. The summed E-state index contributed by atoms with van der Waals surface area (Å²) in [4.78, 5) is 38.0. The van der Waals surface area contributed by atoms with E-state index in [4.69, 9.17) is 25.5 Å². The third kappa shape index (κ3) is 3.86. The molecule has 0 spiro atoms. The minimum atomic E-state index is -0.820. The maximum Gasteiger partial charge on any atom is 0.331 e. The number of halogens is 1. The summed E-state index contributed by atoms with van der Waals surface area (Å²) in [6, 6.07) is 5.52. The van der Waals surface area contributed by atoms with Gasteiger partial charge in [-0.15, -0.1) is 0 Å². The lowest BCUT2D eigenvalue weighted by molar-refractivity contribution is -0.130. The number of hydrogen-bond donors (Lipinski definition) is 1. The minimum Gasteiger partial charge on any atom is -0.493 e. The maximum atomic E-state index is 12.8. The van der Waals surface area contributed by atoms with Crippen LogP contribution in [0.5, 0.6) is 11.5 Å². The van der Waals surface area contributed by atoms with Crippen molar-refractivity contribution in [1.82, 2.24) is 10.2 Å². The Morgan fingerprint density at radius 1 is 1.25 bits per heavy atom. The number of amides is 4. The maximum absolute atomic E-state index is 12.8. The molecule has 28 heavy (non-hydrogen) atoms. The lowest BCUT2D eigenvalue weighted by Crippen LogP contribution is -2.53. The summed E-state index contributed by atoms with van der Waals surface area (Å²) < 4.78 is 15.9. The van der Waals surface area contributed by atoms with E-state index >= 15 is 0 Å². The van der Waals surface area contributed by atoms with E-state index in [-0.39, 0.29) is 17.1 Å². The van der Waals surface area contributed by atoms with Crippen molar-refractivity contribution in [1.29, 1.82) is 0 Å². The van der Waals surface area contributed by atoms with Crippen LogP contribution in [0.25, 0.3) is 6.08 Å². The van der Waals surface area contributed by atoms with E-state index in [2.05, 4.69) is 5.32 Å². The Balaban J connectivity index is 1.97. The Hall–Kier alpha value is -3.26. The van der Waals surface area contributed by atoms with Crippen LogP contribution in [0.15, 0.2) is 40.5 Å². The van der Waals surface area contributed by atoms with Crippen LogP contribution < -0.4 is 14.8 Å². The normalized spacial score (nSPS) is 15.8. The Labute approximate surface area is 165 Å². The second-order valence-electron chi connectivity index (χ2n) is 5.75. The van der Waals surface area contributed by atoms with Gasteiger partial charge in [0, 0.05) is 6.07 Å². The number of ether oxygens (including phenoxy) is 2. The molecule has 1 aliphatic rings. The number of urea groups is 1. The highest BCUT2D eigenvalue weighted by atomic mass is 35.5. The molecule has 1 saturated heterocycles. The van der Waals surface area contributed by atoms with E-state index < -0.39 is 17.8 Å². The first-order valence-electron chi connectivity index (χ1n) is 8.36. The van der Waals surface area contributed by atoms with E-state index in [1.165, 1.54) is 25.5 Å². The van der Waals surface area contributed by atoms with Gasteiger partial charge in [0.25, 0.3) is 11.8 Å². The second kappa shape index (κ2) is 8.18. The molecule has 0 bridgehead atoms. The standard InChI is InChI=1S/C19H17ClN2O6/c1-3-27-16-8-11(14(20)9-15(16)26-2)7-13-17(23)21-19(25)22(18(13)24)10-12-5-4-6-28-12/h4-9H,3,10H2,1-2H3,(H,21,23,25)/b13-7+. The van der Waals surface area contributed by atoms with Crippen LogP contribution in [0.1, 0.15) is 18.2 Å². The Morgan fingerprint density at radius 3 is 2.68 bits per heavy atom. The lowest BCUT2D eigenvalue weighted by Gasteiger charge is -2.25. The fourth-order valence-electron chi connectivity index (χ4n) is 2.64. The SMILES string of the molecule is CCOc1cc(/C=C2\C(=O)NC(=O)N(Cc3ccco3)C2=O)c(Cl)cc1OC. The summed E-state index contributed by atoms with van der Waals surface area (Å²) in [5.41, 5.74) is 0.136. The first-order chi connectivity index (χ1) is 13.4. The van der Waals surface area contributed by atoms with Crippen molar-refractivity contribution in [2.24, 2.45) is 0 Å². The molecule has 1 aromatic heterocycles. The van der Waals surface area contributed by atoms with Crippen molar-refractivity contribution in [3.05, 3.63) is 52.4 Å². The fourth-order valence-corrected chi connectivity index (χ4v) is 2.85. The van der Waals surface area contributed by atoms with Crippen molar-refractivity contribution in [3.63, 3.8) is 0 Å². The molecule has 0 aliphatic carbocycles. The zero-order valence-electron chi connectivity index (χ0n) is 15.2. The molecular weight excluding hydrogens is 388 g/mol. The van der Waals surface area contributed by atoms with Crippen LogP contribution >= 0.6 is 11.6 Å². The molecule has 0 saturated carbocycles. The average Bonchev–Trinajstić information content (AvgIpc) is 3.17. The topological polar surface area (TPSA) is 98.1 Å². The Kier molecular flexibility index (Phi) is 5.70. The predicted molar refractivity (Wildman–Crippen MR) is 99.9 cm³/mol. The van der Waals surface area contributed by atoms with Crippen LogP contribution in [-0.4, -0.2) is 36.5 Å². The average molecular weight is 405 g/mol. The van der Waals surface area contributed by atoms with Gasteiger partial charge in [-0.05, 0) is 36.8 Å². The fraction of sp³-hybridized carbons (Fsp3) is 0.211. The minimum absolute atomic E-state index is 0.108. The van der Waals surface area contributed by atoms with Crippen molar-refractivity contribution in [2.75, 3.05) is 13.7 Å². The molecule has 1 aromatic carbocycles. The van der Waals surface area contributed by atoms with E-state index in [1.54, 1.807) is 18.2 Å². The van der Waals surface area contributed by atoms with Crippen molar-refractivity contribution < 1.29 is 28.3 Å². The Morgan fingerprint density at radius 2 is 2.04 bits per heavy atom. The van der Waals surface area contributed by atoms with Gasteiger partial charge in [-0.1, -0.05) is 11.6 Å². The van der Waals surface area contributed by atoms with Gasteiger partial charge >= 0.3 is 6.03 Å². The number of hydrogen-bond acceptors (Lipinski definition) is 6. The molecule has 8 nitrogen and oxygen atoms in total. The van der Waals surface area contributed by atoms with Gasteiger partial charge < -0.3 is 13.9 Å². The molecule has 2 aromatic rings. The third-order valence-corrected chi connectivity index (χ3v) is 4.29. The molecular formula is C19H17ClN2O6. The zero-order chi connectivity index (χ0) is 20.3. The van der Waals surface area contributed by atoms with Crippen LogP contribution in [0.4, 0.5) is 4.79 Å². The van der Waals surface area contributed by atoms with Crippen LogP contribution in [0.3, 0.4) is 0 Å². The summed E-state index contributed by atoms with van der Waals surface area (Å²) >= 11 is 6.26. The smallest absolute Gasteiger partial charge is 0.331 e. The summed E-state index contributed by atoms with van der Waals surface area (Å²) in [6.07, 6.45) is 2.74. The van der Waals surface area contributed by atoms with Gasteiger partial charge in [0.2, 0.25) is 0 Å². The number of carbonyl (C=O) groups is 3. The van der Waals surface area contributed by atoms with E-state index in [1.807, 2.05) is 6.92 Å². The number of rotatable bonds is 6. The summed E-state index contributed by atoms with van der Waals surface area (Å²) in [5.74, 6) is -0.333. The summed E-state index contributed by atoms with van der Waals surface area (Å²) in [7, 11) is 1.47. The first kappa shape index (κ1) is 19.5. The van der Waals surface area contributed by atoms with Gasteiger partial charge in [0.15, 0.2) is 11.5 Å². The van der Waals surface area contributed by atoms with Gasteiger partial charge in [0.05, 0.1) is 31.5 Å². The molecule has 9 heteroatoms. The van der Waals surface area contributed by atoms with Crippen molar-refractivity contribution in [3.8, 4) is 11.5 Å². The monoisotopic (exact) mass is 404 g/mol. The molecule has 1 N–H and O–H groups in total. The van der Waals surface area contributed by atoms with Crippen molar-refractivity contribution >= 4 is 35.5 Å². The van der Waals surface area contributed by atoms with Crippen LogP contribution in [0, 0.1) is 0 Å². The van der Waals surface area contributed by atoms with Crippen molar-refractivity contribution in [2.45, 2.75) is 13.5 Å². The van der Waals surface area contributed by atoms with E-state index in [0.29, 0.717) is 29.4 Å². The summed E-state index contributed by atoms with van der Waals surface area (Å²) in [5, 5.41) is 2.40. The molecule has 2 heterocycles. The number of carbonyl (C=O) groups excluding carboxylic acids is 3. The lowest BCUT2D eigenvalue weighted by atomic mass is 10.1. The molecule has 146 valence electrons. The van der Waals surface area contributed by atoms with Gasteiger partial charge in [-0.25, -0.2) is 4.79 Å². The van der Waals surface area contributed by atoms with Crippen LogP contribution in [-0.2, 0) is 16.1 Å². The molecule has 3 rings (SSSR count). The van der Waals surface area contributed by atoms with E-state index in [0.717, 1.165) is 4.90 Å². The molecule has 4 amide bonds. The van der Waals surface area contributed by atoms with E-state index in [9.17, 15) is 14.4 Å². The third-order valence-electron chi connectivity index (χ3n) is 3.96. The van der Waals surface area contributed by atoms with Gasteiger partial charge in [-0.2, -0.15) is 0 Å². The quantitative estimate of drug-likeness (QED) is 0.587. The predicted octanol–water partition coefficient (Wildman–Crippen LogP) is 3.00. The molecule has 0 radical (unpaired) electrons. The number of benzene rings is 1.